The van der Waals surface area contributed by atoms with Crippen LogP contribution in [0.25, 0.3) is 10.9 Å². The van der Waals surface area contributed by atoms with Crippen molar-refractivity contribution in [1.29, 1.82) is 5.26 Å². The van der Waals surface area contributed by atoms with Crippen molar-refractivity contribution in [1.82, 2.24) is 25.2 Å². The molecule has 1 N–H and O–H groups in total. The highest BCUT2D eigenvalue weighted by atomic mass is 35.5. The number of halogens is 1. The maximum absolute atomic E-state index is 10.3. The fourth-order valence-corrected chi connectivity index (χ4v) is 5.73. The van der Waals surface area contributed by atoms with Gasteiger partial charge in [0.15, 0.2) is 0 Å². The van der Waals surface area contributed by atoms with Crippen LogP contribution in [0.5, 0.6) is 5.88 Å². The first-order valence-electron chi connectivity index (χ1n) is 12.9. The van der Waals surface area contributed by atoms with Gasteiger partial charge >= 0.3 is 0 Å². The van der Waals surface area contributed by atoms with Gasteiger partial charge in [-0.1, -0.05) is 12.1 Å². The number of hydrogen-bond acceptors (Lipinski definition) is 9. The van der Waals surface area contributed by atoms with Crippen LogP contribution in [0.1, 0.15) is 29.5 Å². The van der Waals surface area contributed by atoms with Crippen LogP contribution in [-0.4, -0.2) is 78.8 Å². The summed E-state index contributed by atoms with van der Waals surface area (Å²) in [4.78, 5) is 21.0. The summed E-state index contributed by atoms with van der Waals surface area (Å²) in [5.74, 6) is 2.36. The van der Waals surface area contributed by atoms with Crippen molar-refractivity contribution < 1.29 is 4.74 Å². The van der Waals surface area contributed by atoms with Gasteiger partial charge in [0, 0.05) is 61.8 Å². The van der Waals surface area contributed by atoms with E-state index in [-0.39, 0.29) is 12.4 Å². The van der Waals surface area contributed by atoms with E-state index in [1.54, 1.807) is 6.33 Å². The van der Waals surface area contributed by atoms with Gasteiger partial charge in [0.05, 0.1) is 5.52 Å². The number of para-hydroxylation sites is 1. The third-order valence-electron chi connectivity index (χ3n) is 7.77. The normalized spacial score (nSPS) is 19.8. The third kappa shape index (κ3) is 4.89. The quantitative estimate of drug-likeness (QED) is 0.545. The molecule has 2 saturated heterocycles. The highest BCUT2D eigenvalue weighted by Gasteiger charge is 2.31. The molecular formula is C27H33ClN8O. The first kappa shape index (κ1) is 25.5. The third-order valence-corrected chi connectivity index (χ3v) is 7.77. The van der Waals surface area contributed by atoms with Crippen LogP contribution in [-0.2, 0) is 13.0 Å². The van der Waals surface area contributed by atoms with Gasteiger partial charge in [-0.2, -0.15) is 10.2 Å². The smallest absolute Gasteiger partial charge is 0.234 e. The highest BCUT2D eigenvalue weighted by Crippen LogP contribution is 2.37. The second kappa shape index (κ2) is 11.1. The van der Waals surface area contributed by atoms with E-state index < -0.39 is 0 Å². The van der Waals surface area contributed by atoms with Crippen LogP contribution < -0.4 is 19.9 Å². The molecule has 0 unspecified atom stereocenters. The zero-order valence-electron chi connectivity index (χ0n) is 21.2. The average Bonchev–Trinajstić information content (AvgIpc) is 3.35. The lowest BCUT2D eigenvalue weighted by molar-refractivity contribution is 0.193. The number of nitrogens with one attached hydrogen (secondary N) is 1. The van der Waals surface area contributed by atoms with E-state index in [4.69, 9.17) is 9.72 Å². The number of piperazine rings is 1. The predicted molar refractivity (Wildman–Crippen MR) is 147 cm³/mol. The minimum Gasteiger partial charge on any atom is -0.475 e. The summed E-state index contributed by atoms with van der Waals surface area (Å²) in [6, 6.07) is 10.9. The second-order valence-electron chi connectivity index (χ2n) is 9.90. The molecule has 2 fully saturated rings. The lowest BCUT2D eigenvalue weighted by atomic mass is 9.95. The van der Waals surface area contributed by atoms with Gasteiger partial charge in [0.1, 0.15) is 36.2 Å². The minimum absolute atomic E-state index is 0. The number of likely N-dealkylation sites (N-methyl/N-ethyl adjacent to an activating group) is 1. The van der Waals surface area contributed by atoms with Crippen LogP contribution in [0.2, 0.25) is 0 Å². The molecule has 0 bridgehead atoms. The summed E-state index contributed by atoms with van der Waals surface area (Å²) < 4.78 is 6.33. The van der Waals surface area contributed by atoms with Crippen LogP contribution in [0.15, 0.2) is 30.6 Å². The second-order valence-corrected chi connectivity index (χ2v) is 9.90. The number of hydrogen-bond donors (Lipinski definition) is 1. The van der Waals surface area contributed by atoms with Crippen molar-refractivity contribution in [2.45, 2.75) is 31.8 Å². The van der Waals surface area contributed by atoms with Crippen LogP contribution in [0, 0.1) is 11.3 Å². The summed E-state index contributed by atoms with van der Waals surface area (Å²) in [6.07, 6.45) is 4.73. The lowest BCUT2D eigenvalue weighted by Gasteiger charge is -2.36. The molecule has 0 saturated carbocycles. The van der Waals surface area contributed by atoms with E-state index in [0.29, 0.717) is 30.6 Å². The average molecular weight is 521 g/mol. The standard InChI is InChI=1S/C27H32N8O.ClH/c1-33-11-4-5-19(33)17-36-27-22(15-28)23-16-35(25-21-6-2-3-7-24(21)30-18-31-25)12-8-20(23)26(32-27)34-13-9-29-10-14-34;/h2-3,6-7,18-19,29H,4-5,8-14,16-17H2,1H3;1H/t19-;/m0./s1. The number of pyridine rings is 1. The number of nitriles is 1. The van der Waals surface area contributed by atoms with Gasteiger partial charge < -0.3 is 24.8 Å². The highest BCUT2D eigenvalue weighted by molar-refractivity contribution is 5.89. The topological polar surface area (TPSA) is 93.4 Å². The zero-order chi connectivity index (χ0) is 24.5. The van der Waals surface area contributed by atoms with Gasteiger partial charge in [-0.15, -0.1) is 12.4 Å². The molecule has 0 radical (unpaired) electrons. The molecule has 3 aliphatic heterocycles. The number of ether oxygens (including phenoxy) is 1. The number of fused-ring (bicyclic) bond motifs is 2. The molecule has 9 nitrogen and oxygen atoms in total. The van der Waals surface area contributed by atoms with Gasteiger partial charge in [0.2, 0.25) is 5.88 Å². The van der Waals surface area contributed by atoms with Gasteiger partial charge in [-0.05, 0) is 45.0 Å². The minimum atomic E-state index is 0. The largest absolute Gasteiger partial charge is 0.475 e. The molecule has 0 spiro atoms. The SMILES string of the molecule is CN1CCC[C@H]1COc1nc(N2CCNCC2)c2c(c1C#N)CN(c1ncnc3ccccc13)CC2.Cl. The first-order valence-corrected chi connectivity index (χ1v) is 12.9. The number of rotatable bonds is 5. The first-order chi connectivity index (χ1) is 17.7. The number of benzene rings is 1. The molecule has 37 heavy (non-hydrogen) atoms. The van der Waals surface area contributed by atoms with Crippen molar-refractivity contribution in [3.63, 3.8) is 0 Å². The fourth-order valence-electron chi connectivity index (χ4n) is 5.73. The Bertz CT molecular complexity index is 1300. The Balaban J connectivity index is 0.00000280. The van der Waals surface area contributed by atoms with Crippen LogP contribution >= 0.6 is 12.4 Å². The van der Waals surface area contributed by atoms with E-state index in [1.807, 2.05) is 18.2 Å². The molecular weight excluding hydrogens is 488 g/mol. The number of nitrogens with zero attached hydrogens (tertiary/aromatic N) is 7. The maximum atomic E-state index is 10.3. The summed E-state index contributed by atoms with van der Waals surface area (Å²) in [5, 5.41) is 14.8. The molecule has 2 aromatic heterocycles. The van der Waals surface area contributed by atoms with Crippen molar-refractivity contribution in [2.24, 2.45) is 0 Å². The van der Waals surface area contributed by atoms with Gasteiger partial charge in [-0.3, -0.25) is 0 Å². The monoisotopic (exact) mass is 520 g/mol. The van der Waals surface area contributed by atoms with E-state index in [1.165, 1.54) is 12.0 Å². The molecule has 5 heterocycles. The summed E-state index contributed by atoms with van der Waals surface area (Å²) in [5.41, 5.74) is 3.68. The predicted octanol–water partition coefficient (Wildman–Crippen LogP) is 2.76. The Kier molecular flexibility index (Phi) is 7.60. The van der Waals surface area contributed by atoms with Gasteiger partial charge in [0.25, 0.3) is 0 Å². The molecule has 10 heteroatoms. The molecule has 1 aromatic carbocycles. The van der Waals surface area contributed by atoms with Crippen LogP contribution in [0.3, 0.4) is 0 Å². The van der Waals surface area contributed by atoms with Crippen molar-refractivity contribution in [3.8, 4) is 11.9 Å². The maximum Gasteiger partial charge on any atom is 0.234 e. The number of likely N-dealkylation sites (tertiary alicyclic amines) is 1. The Morgan fingerprint density at radius 1 is 1.05 bits per heavy atom. The molecule has 3 aromatic rings. The Hall–Kier alpha value is -3.19. The van der Waals surface area contributed by atoms with Crippen LogP contribution in [0.4, 0.5) is 11.6 Å². The number of anilines is 2. The molecule has 6 rings (SSSR count). The van der Waals surface area contributed by atoms with E-state index in [2.05, 4.69) is 49.2 Å². The Labute approximate surface area is 223 Å². The van der Waals surface area contributed by atoms with Crippen molar-refractivity contribution >= 4 is 34.9 Å². The van der Waals surface area contributed by atoms with E-state index in [9.17, 15) is 5.26 Å². The molecule has 194 valence electrons. The van der Waals surface area contributed by atoms with E-state index >= 15 is 0 Å². The molecule has 1 atom stereocenters. The van der Waals surface area contributed by atoms with E-state index in [0.717, 1.165) is 80.2 Å². The summed E-state index contributed by atoms with van der Waals surface area (Å²) in [7, 11) is 2.14. The Morgan fingerprint density at radius 3 is 2.68 bits per heavy atom. The van der Waals surface area contributed by atoms with Crippen molar-refractivity contribution in [3.05, 3.63) is 47.3 Å². The Morgan fingerprint density at radius 2 is 1.89 bits per heavy atom. The zero-order valence-corrected chi connectivity index (χ0v) is 22.0. The summed E-state index contributed by atoms with van der Waals surface area (Å²) >= 11 is 0. The van der Waals surface area contributed by atoms with Crippen molar-refractivity contribution in [2.75, 3.05) is 62.7 Å². The lowest BCUT2D eigenvalue weighted by Crippen LogP contribution is -2.45. The molecule has 0 amide bonds. The number of aromatic nitrogens is 3. The fraction of sp³-hybridized carbons (Fsp3) is 0.481. The molecule has 3 aliphatic rings. The summed E-state index contributed by atoms with van der Waals surface area (Å²) in [6.45, 7) is 6.71. The molecule has 0 aliphatic carbocycles. The van der Waals surface area contributed by atoms with Gasteiger partial charge in [-0.25, -0.2) is 9.97 Å².